The number of nitrogens with zero attached hydrogens (tertiary/aromatic N) is 4. The summed E-state index contributed by atoms with van der Waals surface area (Å²) in [5, 5.41) is 3.50. The highest BCUT2D eigenvalue weighted by Crippen LogP contribution is 2.28. The molecular formula is C22H38IN5O. The standard InChI is InChI=1S/C22H37N5O.HI/c1-4-23-22(24-11-13-26-16-14-25(5-2)15-17-26)27-12-10-20(18-27)19-6-8-21(28-3)9-7-19;/h6-9,20H,4-5,10-18H2,1-3H3,(H,23,24);1H. The number of ether oxygens (including phenoxy) is 1. The Labute approximate surface area is 193 Å². The van der Waals surface area contributed by atoms with Crippen molar-refractivity contribution in [3.8, 4) is 5.75 Å². The van der Waals surface area contributed by atoms with Crippen LogP contribution >= 0.6 is 24.0 Å². The van der Waals surface area contributed by atoms with Crippen LogP contribution < -0.4 is 10.1 Å². The van der Waals surface area contributed by atoms with Gasteiger partial charge in [-0.1, -0.05) is 19.1 Å². The van der Waals surface area contributed by atoms with E-state index in [9.17, 15) is 0 Å². The average Bonchev–Trinajstić information content (AvgIpc) is 3.24. The summed E-state index contributed by atoms with van der Waals surface area (Å²) in [4.78, 5) is 12.4. The van der Waals surface area contributed by atoms with Gasteiger partial charge in [0.15, 0.2) is 5.96 Å². The van der Waals surface area contributed by atoms with Crippen LogP contribution in [0.3, 0.4) is 0 Å². The molecule has 0 bridgehead atoms. The fourth-order valence-electron chi connectivity index (χ4n) is 4.15. The maximum atomic E-state index is 5.28. The number of aliphatic imine (C=N–C) groups is 1. The number of methoxy groups -OCH3 is 1. The molecule has 1 unspecified atom stereocenters. The molecule has 6 nitrogen and oxygen atoms in total. The number of likely N-dealkylation sites (tertiary alicyclic amines) is 1. The largest absolute Gasteiger partial charge is 0.497 e. The Hall–Kier alpha value is -1.06. The van der Waals surface area contributed by atoms with Crippen LogP contribution in [0.2, 0.25) is 0 Å². The van der Waals surface area contributed by atoms with Gasteiger partial charge in [-0.15, -0.1) is 24.0 Å². The Balaban J connectivity index is 0.00000300. The number of halogens is 1. The lowest BCUT2D eigenvalue weighted by atomic mass is 9.98. The molecule has 2 heterocycles. The SMILES string of the molecule is CCNC(=NCCN1CCN(CC)CC1)N1CCC(c2ccc(OC)cc2)C1.I. The molecule has 2 fully saturated rings. The summed E-state index contributed by atoms with van der Waals surface area (Å²) in [7, 11) is 1.72. The van der Waals surface area contributed by atoms with Gasteiger partial charge >= 0.3 is 0 Å². The van der Waals surface area contributed by atoms with Gasteiger partial charge in [0.2, 0.25) is 0 Å². The Morgan fingerprint density at radius 1 is 1.07 bits per heavy atom. The van der Waals surface area contributed by atoms with Crippen molar-refractivity contribution in [2.75, 3.05) is 72.6 Å². The molecule has 0 aromatic heterocycles. The number of rotatable bonds is 7. The summed E-state index contributed by atoms with van der Waals surface area (Å²) in [6, 6.07) is 8.53. The zero-order chi connectivity index (χ0) is 19.8. The zero-order valence-corrected chi connectivity index (χ0v) is 20.6. The minimum Gasteiger partial charge on any atom is -0.497 e. The van der Waals surface area contributed by atoms with Crippen molar-refractivity contribution in [1.82, 2.24) is 20.0 Å². The molecule has 164 valence electrons. The molecular weight excluding hydrogens is 477 g/mol. The van der Waals surface area contributed by atoms with E-state index in [1.165, 1.54) is 44.7 Å². The second-order valence-corrected chi connectivity index (χ2v) is 7.72. The van der Waals surface area contributed by atoms with Gasteiger partial charge in [0.25, 0.3) is 0 Å². The van der Waals surface area contributed by atoms with Crippen molar-refractivity contribution in [2.24, 2.45) is 4.99 Å². The average molecular weight is 515 g/mol. The summed E-state index contributed by atoms with van der Waals surface area (Å²) in [5.41, 5.74) is 1.40. The molecule has 1 atom stereocenters. The maximum absolute atomic E-state index is 5.28. The molecule has 0 radical (unpaired) electrons. The van der Waals surface area contributed by atoms with Crippen molar-refractivity contribution in [3.05, 3.63) is 29.8 Å². The topological polar surface area (TPSA) is 43.3 Å². The Kier molecular flexibility index (Phi) is 10.5. The molecule has 3 rings (SSSR count). The van der Waals surface area contributed by atoms with Crippen molar-refractivity contribution in [3.63, 3.8) is 0 Å². The fourth-order valence-corrected chi connectivity index (χ4v) is 4.15. The number of hydrogen-bond donors (Lipinski definition) is 1. The molecule has 0 aliphatic carbocycles. The lowest BCUT2D eigenvalue weighted by Gasteiger charge is -2.33. The lowest BCUT2D eigenvalue weighted by molar-refractivity contribution is 0.140. The van der Waals surface area contributed by atoms with E-state index in [-0.39, 0.29) is 24.0 Å². The molecule has 1 aromatic rings. The Morgan fingerprint density at radius 3 is 2.38 bits per heavy atom. The van der Waals surface area contributed by atoms with Crippen LogP contribution in [0, 0.1) is 0 Å². The van der Waals surface area contributed by atoms with E-state index in [1.807, 2.05) is 0 Å². The highest BCUT2D eigenvalue weighted by molar-refractivity contribution is 14.0. The number of guanidine groups is 1. The van der Waals surface area contributed by atoms with Gasteiger partial charge in [-0.05, 0) is 37.6 Å². The van der Waals surface area contributed by atoms with Gasteiger partial charge in [-0.3, -0.25) is 9.89 Å². The maximum Gasteiger partial charge on any atom is 0.193 e. The third-order valence-corrected chi connectivity index (χ3v) is 6.00. The summed E-state index contributed by atoms with van der Waals surface area (Å²) in [6.45, 7) is 15.2. The predicted octanol–water partition coefficient (Wildman–Crippen LogP) is 2.71. The van der Waals surface area contributed by atoms with Crippen molar-refractivity contribution < 1.29 is 4.74 Å². The molecule has 29 heavy (non-hydrogen) atoms. The van der Waals surface area contributed by atoms with Crippen LogP contribution in [0.5, 0.6) is 5.75 Å². The number of nitrogens with one attached hydrogen (secondary N) is 1. The van der Waals surface area contributed by atoms with Gasteiger partial charge in [0, 0.05) is 58.3 Å². The highest BCUT2D eigenvalue weighted by Gasteiger charge is 2.26. The van der Waals surface area contributed by atoms with Crippen LogP contribution in [0.4, 0.5) is 0 Å². The van der Waals surface area contributed by atoms with Gasteiger partial charge in [-0.25, -0.2) is 0 Å². The second kappa shape index (κ2) is 12.6. The number of likely N-dealkylation sites (N-methyl/N-ethyl adjacent to an activating group) is 1. The molecule has 0 spiro atoms. The normalized spacial score (nSPS) is 21.1. The van der Waals surface area contributed by atoms with Gasteiger partial charge in [-0.2, -0.15) is 0 Å². The third kappa shape index (κ3) is 7.00. The van der Waals surface area contributed by atoms with E-state index in [4.69, 9.17) is 9.73 Å². The summed E-state index contributed by atoms with van der Waals surface area (Å²) < 4.78 is 5.28. The molecule has 0 amide bonds. The van der Waals surface area contributed by atoms with Crippen LogP contribution in [0.25, 0.3) is 0 Å². The van der Waals surface area contributed by atoms with Crippen LogP contribution in [0.15, 0.2) is 29.3 Å². The van der Waals surface area contributed by atoms with E-state index in [0.717, 1.165) is 44.4 Å². The van der Waals surface area contributed by atoms with E-state index in [1.54, 1.807) is 7.11 Å². The van der Waals surface area contributed by atoms with Crippen molar-refractivity contribution in [1.29, 1.82) is 0 Å². The van der Waals surface area contributed by atoms with Gasteiger partial charge in [0.05, 0.1) is 13.7 Å². The minimum atomic E-state index is 0. The Bertz CT molecular complexity index is 616. The quantitative estimate of drug-likeness (QED) is 0.344. The smallest absolute Gasteiger partial charge is 0.193 e. The summed E-state index contributed by atoms with van der Waals surface area (Å²) in [5.74, 6) is 2.57. The first-order chi connectivity index (χ1) is 13.7. The molecule has 2 aliphatic heterocycles. The van der Waals surface area contributed by atoms with Crippen molar-refractivity contribution >= 4 is 29.9 Å². The fraction of sp³-hybridized carbons (Fsp3) is 0.682. The van der Waals surface area contributed by atoms with Crippen LogP contribution in [0.1, 0.15) is 31.7 Å². The highest BCUT2D eigenvalue weighted by atomic mass is 127. The van der Waals surface area contributed by atoms with Gasteiger partial charge < -0.3 is 19.9 Å². The summed E-state index contributed by atoms with van der Waals surface area (Å²) >= 11 is 0. The molecule has 1 aromatic carbocycles. The van der Waals surface area contributed by atoms with E-state index in [2.05, 4.69) is 58.1 Å². The third-order valence-electron chi connectivity index (χ3n) is 6.00. The van der Waals surface area contributed by atoms with E-state index < -0.39 is 0 Å². The monoisotopic (exact) mass is 515 g/mol. The summed E-state index contributed by atoms with van der Waals surface area (Å²) in [6.07, 6.45) is 1.18. The molecule has 2 aliphatic rings. The minimum absolute atomic E-state index is 0. The van der Waals surface area contributed by atoms with Crippen LogP contribution in [-0.4, -0.2) is 93.2 Å². The Morgan fingerprint density at radius 2 is 1.76 bits per heavy atom. The molecule has 2 saturated heterocycles. The number of piperazine rings is 1. The first kappa shape index (κ1) is 24.2. The second-order valence-electron chi connectivity index (χ2n) is 7.72. The molecule has 1 N–H and O–H groups in total. The van der Waals surface area contributed by atoms with Gasteiger partial charge in [0.1, 0.15) is 5.75 Å². The molecule has 7 heteroatoms. The van der Waals surface area contributed by atoms with Crippen LogP contribution in [-0.2, 0) is 0 Å². The number of benzene rings is 1. The van der Waals surface area contributed by atoms with Crippen molar-refractivity contribution in [2.45, 2.75) is 26.2 Å². The van der Waals surface area contributed by atoms with E-state index >= 15 is 0 Å². The first-order valence-electron chi connectivity index (χ1n) is 10.8. The zero-order valence-electron chi connectivity index (χ0n) is 18.3. The molecule has 0 saturated carbocycles. The number of hydrogen-bond acceptors (Lipinski definition) is 4. The predicted molar refractivity (Wildman–Crippen MR) is 132 cm³/mol. The first-order valence-corrected chi connectivity index (χ1v) is 10.8. The lowest BCUT2D eigenvalue weighted by Crippen LogP contribution is -2.47. The van der Waals surface area contributed by atoms with E-state index in [0.29, 0.717) is 5.92 Å².